The zero-order valence-electron chi connectivity index (χ0n) is 30.3. The second-order valence-corrected chi connectivity index (χ2v) is 13.8. The van der Waals surface area contributed by atoms with Gasteiger partial charge in [-0.1, -0.05) is 12.1 Å². The number of ether oxygens (including phenoxy) is 1. The fourth-order valence-corrected chi connectivity index (χ4v) is 6.50. The number of nitrogens with zero attached hydrogens (tertiary/aromatic N) is 6. The number of hydrogen-bond donors (Lipinski definition) is 4. The molecule has 5 rings (SSSR count). The first-order chi connectivity index (χ1) is 23.7. The molecule has 2 heterocycles. The minimum atomic E-state index is -0.183. The van der Waals surface area contributed by atoms with Crippen LogP contribution < -0.4 is 20.3 Å². The second kappa shape index (κ2) is 17.8. The van der Waals surface area contributed by atoms with Gasteiger partial charge < -0.3 is 35.2 Å². The normalized spacial score (nSPS) is 17.2. The summed E-state index contributed by atoms with van der Waals surface area (Å²) in [6.45, 7) is 8.47. The van der Waals surface area contributed by atoms with Crippen LogP contribution in [0.3, 0.4) is 0 Å². The van der Waals surface area contributed by atoms with E-state index in [9.17, 15) is 5.11 Å². The largest absolute Gasteiger partial charge is 0.490 e. The van der Waals surface area contributed by atoms with Gasteiger partial charge in [-0.25, -0.2) is 0 Å². The molecule has 1 unspecified atom stereocenters. The van der Waals surface area contributed by atoms with Gasteiger partial charge in [0.2, 0.25) is 0 Å². The van der Waals surface area contributed by atoms with Crippen LogP contribution >= 0.6 is 0 Å². The Hall–Kier alpha value is -3.74. The van der Waals surface area contributed by atoms with Gasteiger partial charge in [-0.15, -0.1) is 0 Å². The molecular formula is C38H57N9O2. The van der Waals surface area contributed by atoms with Crippen molar-refractivity contribution in [3.8, 4) is 28.3 Å². The summed E-state index contributed by atoms with van der Waals surface area (Å²) in [5, 5.41) is 29.0. The van der Waals surface area contributed by atoms with E-state index in [-0.39, 0.29) is 18.2 Å². The van der Waals surface area contributed by atoms with Gasteiger partial charge in [0.1, 0.15) is 5.75 Å². The van der Waals surface area contributed by atoms with Gasteiger partial charge in [-0.2, -0.15) is 10.2 Å². The number of aliphatic hydroxyl groups excluding tert-OH is 1. The van der Waals surface area contributed by atoms with E-state index in [1.165, 1.54) is 11.1 Å². The molecule has 0 amide bonds. The Morgan fingerprint density at radius 1 is 0.878 bits per heavy atom. The van der Waals surface area contributed by atoms with Crippen molar-refractivity contribution in [2.75, 3.05) is 66.3 Å². The SMILES string of the molecule is CNCCN(C)Cc1cn(CC(C)N(C)c2ccc(-c3[nH]ncc3CN(C)CCNC)cc2)nc1-c1ccc(OC2CCC(O)CC2)cc1. The molecule has 0 saturated heterocycles. The maximum Gasteiger partial charge on any atom is 0.119 e. The number of aliphatic hydroxyl groups is 1. The van der Waals surface area contributed by atoms with E-state index >= 15 is 0 Å². The topological polar surface area (TPSA) is 110 Å². The third kappa shape index (κ3) is 10.1. The highest BCUT2D eigenvalue weighted by Gasteiger charge is 2.21. The van der Waals surface area contributed by atoms with Gasteiger partial charge in [0.25, 0.3) is 0 Å². The molecule has 11 nitrogen and oxygen atoms in total. The highest BCUT2D eigenvalue weighted by molar-refractivity contribution is 5.66. The number of aromatic amines is 1. The zero-order valence-corrected chi connectivity index (χ0v) is 30.3. The van der Waals surface area contributed by atoms with Crippen molar-refractivity contribution in [2.24, 2.45) is 0 Å². The highest BCUT2D eigenvalue weighted by atomic mass is 16.5. The van der Waals surface area contributed by atoms with Gasteiger partial charge in [-0.05, 0) is 97.2 Å². The van der Waals surface area contributed by atoms with Crippen LogP contribution in [0, 0.1) is 0 Å². The second-order valence-electron chi connectivity index (χ2n) is 13.8. The van der Waals surface area contributed by atoms with Gasteiger partial charge in [0.05, 0.1) is 36.3 Å². The van der Waals surface area contributed by atoms with Crippen molar-refractivity contribution >= 4 is 5.69 Å². The lowest BCUT2D eigenvalue weighted by Gasteiger charge is -2.27. The van der Waals surface area contributed by atoms with Crippen molar-refractivity contribution in [1.82, 2.24) is 40.4 Å². The van der Waals surface area contributed by atoms with Gasteiger partial charge in [0.15, 0.2) is 0 Å². The quantitative estimate of drug-likeness (QED) is 0.122. The van der Waals surface area contributed by atoms with Crippen molar-refractivity contribution in [3.63, 3.8) is 0 Å². The lowest BCUT2D eigenvalue weighted by Crippen LogP contribution is -2.32. The number of likely N-dealkylation sites (N-methyl/N-ethyl adjacent to an activating group) is 5. The number of nitrogens with one attached hydrogen (secondary N) is 3. The average Bonchev–Trinajstić information content (AvgIpc) is 3.74. The number of anilines is 1. The zero-order chi connectivity index (χ0) is 34.8. The van der Waals surface area contributed by atoms with Crippen molar-refractivity contribution in [1.29, 1.82) is 0 Å². The van der Waals surface area contributed by atoms with Crippen molar-refractivity contribution < 1.29 is 9.84 Å². The molecule has 1 fully saturated rings. The van der Waals surface area contributed by atoms with Crippen LogP contribution in [0.15, 0.2) is 60.9 Å². The minimum absolute atomic E-state index is 0.169. The number of hydrogen-bond acceptors (Lipinski definition) is 9. The predicted molar refractivity (Wildman–Crippen MR) is 199 cm³/mol. The van der Waals surface area contributed by atoms with Crippen LogP contribution in [0.25, 0.3) is 22.5 Å². The number of rotatable bonds is 18. The Bertz CT molecular complexity index is 1540. The summed E-state index contributed by atoms with van der Waals surface area (Å²) in [6, 6.07) is 17.3. The van der Waals surface area contributed by atoms with Crippen LogP contribution in [0.5, 0.6) is 5.75 Å². The van der Waals surface area contributed by atoms with E-state index < -0.39 is 0 Å². The Kier molecular flexibility index (Phi) is 13.3. The Balaban J connectivity index is 1.27. The summed E-state index contributed by atoms with van der Waals surface area (Å²) in [5.74, 6) is 0.874. The summed E-state index contributed by atoms with van der Waals surface area (Å²) >= 11 is 0. The van der Waals surface area contributed by atoms with E-state index in [4.69, 9.17) is 9.84 Å². The first-order valence-corrected chi connectivity index (χ1v) is 17.8. The number of aromatic nitrogens is 4. The summed E-state index contributed by atoms with van der Waals surface area (Å²) < 4.78 is 8.36. The number of H-pyrrole nitrogens is 1. The lowest BCUT2D eigenvalue weighted by molar-refractivity contribution is 0.0666. The first-order valence-electron chi connectivity index (χ1n) is 17.8. The molecule has 1 atom stereocenters. The molecule has 1 aliphatic carbocycles. The Morgan fingerprint density at radius 3 is 2.12 bits per heavy atom. The van der Waals surface area contributed by atoms with Crippen molar-refractivity contribution in [3.05, 3.63) is 72.1 Å². The van der Waals surface area contributed by atoms with Crippen LogP contribution in [-0.2, 0) is 19.6 Å². The molecule has 1 saturated carbocycles. The standard InChI is InChI=1S/C38H57N9O2/c1-28(46(6)33-11-7-29(8-12-33)37-31(23-41-42-37)25-44(4)21-19-39-2)24-47-27-32(26-45(5)22-20-40-3)38(43-47)30-9-15-35(16-10-30)49-36-17-13-34(48)14-18-36/h7-12,15-16,23,27-28,34,36,39-40,48H,13-14,17-22,24-26H2,1-6H3,(H,41,42). The molecule has 2 aromatic carbocycles. The third-order valence-corrected chi connectivity index (χ3v) is 9.67. The third-order valence-electron chi connectivity index (χ3n) is 9.67. The van der Waals surface area contributed by atoms with Crippen LogP contribution in [0.2, 0.25) is 0 Å². The van der Waals surface area contributed by atoms with Gasteiger partial charge in [0, 0.05) is 86.5 Å². The fraction of sp³-hybridized carbons (Fsp3) is 0.526. The molecule has 11 heteroatoms. The van der Waals surface area contributed by atoms with Gasteiger partial charge >= 0.3 is 0 Å². The number of benzene rings is 2. The average molecular weight is 672 g/mol. The van der Waals surface area contributed by atoms with E-state index in [1.807, 2.05) is 20.3 Å². The summed E-state index contributed by atoms with van der Waals surface area (Å²) in [7, 11) is 10.4. The molecule has 0 spiro atoms. The smallest absolute Gasteiger partial charge is 0.119 e. The van der Waals surface area contributed by atoms with Crippen molar-refractivity contribution in [2.45, 2.75) is 70.5 Å². The van der Waals surface area contributed by atoms with Crippen LogP contribution in [-0.4, -0.2) is 115 Å². The monoisotopic (exact) mass is 671 g/mol. The predicted octanol–water partition coefficient (Wildman–Crippen LogP) is 4.45. The molecular weight excluding hydrogens is 614 g/mol. The molecule has 0 radical (unpaired) electrons. The first kappa shape index (κ1) is 36.5. The summed E-state index contributed by atoms with van der Waals surface area (Å²) in [4.78, 5) is 6.95. The maximum absolute atomic E-state index is 9.85. The molecule has 266 valence electrons. The van der Waals surface area contributed by atoms with Gasteiger partial charge in [-0.3, -0.25) is 9.78 Å². The molecule has 0 bridgehead atoms. The summed E-state index contributed by atoms with van der Waals surface area (Å²) in [6.07, 6.45) is 7.55. The highest BCUT2D eigenvalue weighted by Crippen LogP contribution is 2.29. The summed E-state index contributed by atoms with van der Waals surface area (Å²) in [5.41, 5.74) is 7.87. The molecule has 0 aliphatic heterocycles. The molecule has 2 aromatic heterocycles. The Labute approximate surface area is 292 Å². The van der Waals surface area contributed by atoms with E-state index in [2.05, 4.69) is 123 Å². The fourth-order valence-electron chi connectivity index (χ4n) is 6.50. The Morgan fingerprint density at radius 2 is 1.49 bits per heavy atom. The molecule has 49 heavy (non-hydrogen) atoms. The molecule has 4 aromatic rings. The van der Waals surface area contributed by atoms with E-state index in [0.717, 1.165) is 105 Å². The maximum atomic E-state index is 9.85. The van der Waals surface area contributed by atoms with Crippen LogP contribution in [0.1, 0.15) is 43.7 Å². The molecule has 4 N–H and O–H groups in total. The lowest BCUT2D eigenvalue weighted by atomic mass is 9.95. The minimum Gasteiger partial charge on any atom is -0.490 e. The van der Waals surface area contributed by atoms with E-state index in [1.54, 1.807) is 0 Å². The van der Waals surface area contributed by atoms with Crippen LogP contribution in [0.4, 0.5) is 5.69 Å². The molecule has 1 aliphatic rings. The van der Waals surface area contributed by atoms with E-state index in [0.29, 0.717) is 0 Å².